The van der Waals surface area contributed by atoms with Gasteiger partial charge in [0.05, 0.1) is 13.3 Å². The third-order valence-electron chi connectivity index (χ3n) is 4.87. The van der Waals surface area contributed by atoms with Gasteiger partial charge in [-0.2, -0.15) is 0 Å². The molecule has 164 valence electrons. The van der Waals surface area contributed by atoms with Crippen molar-refractivity contribution in [2.24, 2.45) is 0 Å². The fourth-order valence-corrected chi connectivity index (χ4v) is 3.37. The number of nitrogens with zero attached hydrogens (tertiary/aromatic N) is 6. The summed E-state index contributed by atoms with van der Waals surface area (Å²) in [7, 11) is 2.63. The maximum Gasteiger partial charge on any atom is 0.413 e. The van der Waals surface area contributed by atoms with E-state index in [1.54, 1.807) is 30.3 Å². The largest absolute Gasteiger partial charge is 0.711 e. The Morgan fingerprint density at radius 2 is 1.91 bits per heavy atom. The molecule has 1 amide bonds. The van der Waals surface area contributed by atoms with Crippen LogP contribution in [0.25, 0.3) is 22.6 Å². The van der Waals surface area contributed by atoms with Crippen molar-refractivity contribution in [3.63, 3.8) is 0 Å². The molecule has 0 saturated heterocycles. The predicted molar refractivity (Wildman–Crippen MR) is 115 cm³/mol. The number of hydrogen-bond donors (Lipinski definition) is 2. The molecule has 0 spiro atoms. The third kappa shape index (κ3) is 3.47. The van der Waals surface area contributed by atoms with Crippen molar-refractivity contribution in [1.82, 2.24) is 19.7 Å². The molecular formula is C20H19FN8O3. The fraction of sp³-hybridized carbons (Fsp3) is 0.150. The number of aromatic nitrogens is 5. The Kier molecular flexibility index (Phi) is 5.18. The molecule has 0 atom stereocenters. The van der Waals surface area contributed by atoms with Crippen LogP contribution in [0.1, 0.15) is 5.56 Å². The van der Waals surface area contributed by atoms with Crippen LogP contribution >= 0.6 is 0 Å². The van der Waals surface area contributed by atoms with Crippen LogP contribution in [0.5, 0.6) is 0 Å². The van der Waals surface area contributed by atoms with Crippen molar-refractivity contribution >= 4 is 34.4 Å². The van der Waals surface area contributed by atoms with E-state index < -0.39 is 11.9 Å². The second-order valence-electron chi connectivity index (χ2n) is 6.86. The minimum absolute atomic E-state index is 0.00352. The molecule has 11 nitrogen and oxygen atoms in total. The van der Waals surface area contributed by atoms with Crippen molar-refractivity contribution in [3.05, 3.63) is 59.2 Å². The predicted octanol–water partition coefficient (Wildman–Crippen LogP) is 1.68. The number of carbonyl (C=O) groups is 1. The highest BCUT2D eigenvalue weighted by Crippen LogP contribution is 2.32. The lowest BCUT2D eigenvalue weighted by Gasteiger charge is -2.18. The van der Waals surface area contributed by atoms with Crippen LogP contribution in [-0.2, 0) is 11.3 Å². The molecule has 3 heterocycles. The summed E-state index contributed by atoms with van der Waals surface area (Å²) in [6.45, 7) is 0.00352. The Labute approximate surface area is 181 Å². The minimum Gasteiger partial charge on any atom is -0.711 e. The zero-order valence-corrected chi connectivity index (χ0v) is 17.2. The number of ether oxygens (including phenoxy) is 1. The zero-order valence-electron chi connectivity index (χ0n) is 17.2. The monoisotopic (exact) mass is 438 g/mol. The topological polar surface area (TPSA) is 152 Å². The Morgan fingerprint density at radius 3 is 2.56 bits per heavy atom. The number of pyridine rings is 1. The van der Waals surface area contributed by atoms with Gasteiger partial charge >= 0.3 is 11.7 Å². The second-order valence-corrected chi connectivity index (χ2v) is 6.86. The SMILES string of the molecule is COC(=O)N(C)c1c(N)nc(-c2nn(Cc3ccccc3F)c3c2ccc[n+]3[O-])nc1N. The summed E-state index contributed by atoms with van der Waals surface area (Å²) in [5.41, 5.74) is 12.9. The molecule has 0 radical (unpaired) electrons. The average molecular weight is 438 g/mol. The van der Waals surface area contributed by atoms with E-state index in [1.807, 2.05) is 0 Å². The summed E-state index contributed by atoms with van der Waals surface area (Å²) in [4.78, 5) is 21.4. The Balaban J connectivity index is 1.86. The van der Waals surface area contributed by atoms with E-state index in [0.717, 1.165) is 4.90 Å². The van der Waals surface area contributed by atoms with E-state index in [0.29, 0.717) is 15.7 Å². The molecule has 0 aliphatic rings. The lowest BCUT2D eigenvalue weighted by atomic mass is 10.2. The van der Waals surface area contributed by atoms with Crippen molar-refractivity contribution in [2.75, 3.05) is 30.5 Å². The molecule has 0 aliphatic carbocycles. The van der Waals surface area contributed by atoms with Gasteiger partial charge in [-0.15, -0.1) is 4.68 Å². The van der Waals surface area contributed by atoms with E-state index in [2.05, 4.69) is 19.8 Å². The van der Waals surface area contributed by atoms with Crippen molar-refractivity contribution < 1.29 is 18.7 Å². The van der Waals surface area contributed by atoms with E-state index in [1.165, 1.54) is 31.1 Å². The molecule has 0 unspecified atom stereocenters. The van der Waals surface area contributed by atoms with Crippen LogP contribution < -0.4 is 21.1 Å². The number of benzene rings is 1. The Bertz CT molecular complexity index is 1320. The Hall–Kier alpha value is -4.48. The summed E-state index contributed by atoms with van der Waals surface area (Å²) >= 11 is 0. The average Bonchev–Trinajstić information content (AvgIpc) is 3.14. The van der Waals surface area contributed by atoms with Gasteiger partial charge in [0.1, 0.15) is 23.4 Å². The summed E-state index contributed by atoms with van der Waals surface area (Å²) in [5, 5.41) is 17.4. The van der Waals surface area contributed by atoms with E-state index in [9.17, 15) is 14.4 Å². The van der Waals surface area contributed by atoms with Gasteiger partial charge in [0.15, 0.2) is 23.2 Å². The number of methoxy groups -OCH3 is 1. The molecule has 0 saturated carbocycles. The molecule has 32 heavy (non-hydrogen) atoms. The standard InChI is InChI=1S/C20H19FN8O3/c1-27(20(30)32-2)15-16(22)24-18(25-17(15)23)14-12-7-5-9-29(31)19(12)28(26-14)10-11-6-3-4-8-13(11)21/h3-9H,10H2,1-2H3,(H4,22,23,24,25). The maximum absolute atomic E-state index is 14.2. The number of carbonyl (C=O) groups excluding carboxylic acids is 1. The molecule has 12 heteroatoms. The zero-order chi connectivity index (χ0) is 23.0. The number of amides is 1. The quantitative estimate of drug-likeness (QED) is 0.361. The van der Waals surface area contributed by atoms with Crippen LogP contribution in [0.3, 0.4) is 0 Å². The fourth-order valence-electron chi connectivity index (χ4n) is 3.37. The smallest absolute Gasteiger partial charge is 0.413 e. The van der Waals surface area contributed by atoms with Crippen molar-refractivity contribution in [3.8, 4) is 11.5 Å². The number of hydrogen-bond acceptors (Lipinski definition) is 8. The van der Waals surface area contributed by atoms with Crippen molar-refractivity contribution in [1.29, 1.82) is 0 Å². The highest BCUT2D eigenvalue weighted by atomic mass is 19.1. The van der Waals surface area contributed by atoms with Gasteiger partial charge in [-0.25, -0.2) is 23.9 Å². The number of halogens is 1. The van der Waals surface area contributed by atoms with E-state index in [-0.39, 0.29) is 41.0 Å². The lowest BCUT2D eigenvalue weighted by molar-refractivity contribution is -0.580. The van der Waals surface area contributed by atoms with Crippen LogP contribution in [0.4, 0.5) is 26.5 Å². The maximum atomic E-state index is 14.2. The minimum atomic E-state index is -0.702. The molecule has 4 aromatic rings. The summed E-state index contributed by atoms with van der Waals surface area (Å²) in [6, 6.07) is 9.40. The molecule has 3 aromatic heterocycles. The molecule has 1 aromatic carbocycles. The van der Waals surface area contributed by atoms with Crippen LogP contribution in [0, 0.1) is 11.0 Å². The number of nitrogen functional groups attached to an aromatic ring is 2. The summed E-state index contributed by atoms with van der Waals surface area (Å²) < 4.78 is 20.9. The number of anilines is 3. The number of nitrogens with two attached hydrogens (primary N) is 2. The van der Waals surface area contributed by atoms with E-state index in [4.69, 9.17) is 11.5 Å². The molecule has 0 fully saturated rings. The van der Waals surface area contributed by atoms with Crippen LogP contribution in [0.15, 0.2) is 42.6 Å². The first kappa shape index (κ1) is 20.8. The lowest BCUT2D eigenvalue weighted by Crippen LogP contribution is -2.29. The molecule has 0 aliphatic heterocycles. The second kappa shape index (κ2) is 7.98. The number of fused-ring (bicyclic) bond motifs is 1. The normalized spacial score (nSPS) is 11.0. The van der Waals surface area contributed by atoms with Gasteiger partial charge in [0, 0.05) is 12.6 Å². The van der Waals surface area contributed by atoms with Gasteiger partial charge < -0.3 is 21.4 Å². The first-order valence-electron chi connectivity index (χ1n) is 9.39. The third-order valence-corrected chi connectivity index (χ3v) is 4.87. The molecule has 0 bridgehead atoms. The van der Waals surface area contributed by atoms with Gasteiger partial charge in [-0.05, 0) is 18.2 Å². The summed E-state index contributed by atoms with van der Waals surface area (Å²) in [5.74, 6) is -0.539. The Morgan fingerprint density at radius 1 is 1.22 bits per heavy atom. The van der Waals surface area contributed by atoms with Crippen LogP contribution in [0.2, 0.25) is 0 Å². The van der Waals surface area contributed by atoms with Gasteiger partial charge in [-0.3, -0.25) is 4.90 Å². The molecular weight excluding hydrogens is 419 g/mol. The van der Waals surface area contributed by atoms with Crippen molar-refractivity contribution in [2.45, 2.75) is 6.54 Å². The van der Waals surface area contributed by atoms with Gasteiger partial charge in [0.2, 0.25) is 0 Å². The number of rotatable bonds is 4. The van der Waals surface area contributed by atoms with Crippen LogP contribution in [-0.4, -0.2) is 40.0 Å². The molecule has 4 N–H and O–H groups in total. The highest BCUT2D eigenvalue weighted by Gasteiger charge is 2.26. The highest BCUT2D eigenvalue weighted by molar-refractivity contribution is 5.95. The summed E-state index contributed by atoms with van der Waals surface area (Å²) in [6.07, 6.45) is 0.607. The molecule has 4 rings (SSSR count). The first-order valence-corrected chi connectivity index (χ1v) is 9.39. The first-order chi connectivity index (χ1) is 15.3. The van der Waals surface area contributed by atoms with Gasteiger partial charge in [-0.1, -0.05) is 23.3 Å². The van der Waals surface area contributed by atoms with E-state index >= 15 is 0 Å². The van der Waals surface area contributed by atoms with Gasteiger partial charge in [0.25, 0.3) is 0 Å².